The van der Waals surface area contributed by atoms with E-state index in [9.17, 15) is 18.3 Å². The second-order valence-corrected chi connectivity index (χ2v) is 11.4. The molecule has 0 amide bonds. The highest BCUT2D eigenvalue weighted by atomic mass is 19.3. The predicted molar refractivity (Wildman–Crippen MR) is 167 cm³/mol. The summed E-state index contributed by atoms with van der Waals surface area (Å²) in [6.07, 6.45) is -1.18. The van der Waals surface area contributed by atoms with Gasteiger partial charge in [-0.25, -0.2) is 32.5 Å². The third-order valence-corrected chi connectivity index (χ3v) is 8.56. The quantitative estimate of drug-likeness (QED) is 0.180. The van der Waals surface area contributed by atoms with Gasteiger partial charge in [0.25, 0.3) is 6.43 Å². The van der Waals surface area contributed by atoms with Gasteiger partial charge in [0.15, 0.2) is 23.0 Å². The minimum absolute atomic E-state index is 0.0267. The van der Waals surface area contributed by atoms with E-state index >= 15 is 4.39 Å². The molecule has 0 spiro atoms. The fourth-order valence-electron chi connectivity index (χ4n) is 6.19. The summed E-state index contributed by atoms with van der Waals surface area (Å²) in [5.74, 6) is -1.40. The number of anilines is 2. The Kier molecular flexibility index (Phi) is 8.78. The minimum Gasteiger partial charge on any atom is -0.494 e. The number of ether oxygens (including phenoxy) is 1. The number of alkyl halides is 2. The van der Waals surface area contributed by atoms with Gasteiger partial charge in [0.05, 0.1) is 25.5 Å². The number of hydrogen-bond acceptors (Lipinski definition) is 8. The highest BCUT2D eigenvalue weighted by molar-refractivity contribution is 5.81. The fraction of sp³-hybridized carbons (Fsp3) is 0.303. The molecule has 13 heteroatoms. The number of piperidine rings is 1. The van der Waals surface area contributed by atoms with Crippen molar-refractivity contribution in [2.75, 3.05) is 30.8 Å². The van der Waals surface area contributed by atoms with Crippen LogP contribution in [0.2, 0.25) is 0 Å². The maximum atomic E-state index is 15.2. The van der Waals surface area contributed by atoms with Gasteiger partial charge in [-0.15, -0.1) is 0 Å². The molecule has 0 saturated carbocycles. The zero-order chi connectivity index (χ0) is 32.4. The second-order valence-electron chi connectivity index (χ2n) is 11.4. The molecule has 1 aliphatic rings. The average Bonchev–Trinajstić information content (AvgIpc) is 3.48. The molecule has 0 bridgehead atoms. The number of hydrogen-bond donors (Lipinski definition) is 3. The zero-order valence-electron chi connectivity index (χ0n) is 25.0. The van der Waals surface area contributed by atoms with E-state index in [1.165, 1.54) is 13.4 Å². The summed E-state index contributed by atoms with van der Waals surface area (Å²) in [7, 11) is 1.26. The van der Waals surface area contributed by atoms with Crippen molar-refractivity contribution in [1.29, 1.82) is 0 Å². The Hall–Kier alpha value is -4.75. The number of rotatable bonds is 10. The van der Waals surface area contributed by atoms with E-state index in [1.807, 2.05) is 35.2 Å². The van der Waals surface area contributed by atoms with Crippen LogP contribution in [0.3, 0.4) is 0 Å². The molecule has 2 aromatic heterocycles. The molecular weight excluding hydrogens is 602 g/mol. The number of nitrogens with one attached hydrogen (secondary N) is 1. The van der Waals surface area contributed by atoms with Gasteiger partial charge in [-0.05, 0) is 47.7 Å². The number of aromatic nitrogens is 4. The molecule has 9 nitrogen and oxygen atoms in total. The van der Waals surface area contributed by atoms with Crippen LogP contribution < -0.4 is 20.7 Å². The van der Waals surface area contributed by atoms with Gasteiger partial charge >= 0.3 is 0 Å². The van der Waals surface area contributed by atoms with Gasteiger partial charge < -0.3 is 30.4 Å². The molecule has 3 aromatic carbocycles. The lowest BCUT2D eigenvalue weighted by Gasteiger charge is -2.47. The number of halogens is 4. The van der Waals surface area contributed by atoms with Gasteiger partial charge in [0, 0.05) is 37.0 Å². The van der Waals surface area contributed by atoms with Crippen molar-refractivity contribution in [3.8, 4) is 16.9 Å². The number of methoxy groups -OCH3 is 1. The molecule has 46 heavy (non-hydrogen) atoms. The fourth-order valence-corrected chi connectivity index (χ4v) is 6.19. The molecule has 240 valence electrons. The van der Waals surface area contributed by atoms with E-state index < -0.39 is 29.7 Å². The molecule has 0 unspecified atom stereocenters. The Balaban J connectivity index is 1.41. The van der Waals surface area contributed by atoms with Crippen molar-refractivity contribution < 1.29 is 27.4 Å². The van der Waals surface area contributed by atoms with Crippen LogP contribution in [-0.2, 0) is 13.1 Å². The van der Waals surface area contributed by atoms with Crippen LogP contribution >= 0.6 is 0 Å². The molecule has 2 atom stereocenters. The van der Waals surface area contributed by atoms with E-state index in [-0.39, 0.29) is 36.8 Å². The van der Waals surface area contributed by atoms with E-state index in [2.05, 4.69) is 20.3 Å². The van der Waals surface area contributed by atoms with Crippen LogP contribution in [0.1, 0.15) is 24.0 Å². The number of imidazole rings is 1. The maximum Gasteiger partial charge on any atom is 0.265 e. The van der Waals surface area contributed by atoms with Gasteiger partial charge in [0.2, 0.25) is 0 Å². The lowest BCUT2D eigenvalue weighted by atomic mass is 9.82. The van der Waals surface area contributed by atoms with Crippen LogP contribution in [0.4, 0.5) is 29.1 Å². The summed E-state index contributed by atoms with van der Waals surface area (Å²) in [6, 6.07) is 16.6. The molecule has 0 radical (unpaired) electrons. The zero-order valence-corrected chi connectivity index (χ0v) is 25.0. The van der Waals surface area contributed by atoms with Crippen molar-refractivity contribution >= 4 is 22.7 Å². The van der Waals surface area contributed by atoms with Crippen molar-refractivity contribution in [3.63, 3.8) is 0 Å². The van der Waals surface area contributed by atoms with Crippen LogP contribution in [-0.4, -0.2) is 62.9 Å². The third-order valence-electron chi connectivity index (χ3n) is 8.56. The van der Waals surface area contributed by atoms with Crippen LogP contribution in [0.5, 0.6) is 5.75 Å². The number of aliphatic hydroxyl groups is 1. The highest BCUT2D eigenvalue weighted by Gasteiger charge is 2.46. The lowest BCUT2D eigenvalue weighted by Crippen LogP contribution is -2.65. The number of nitrogen functional groups attached to an aromatic ring is 1. The van der Waals surface area contributed by atoms with Crippen molar-refractivity contribution in [1.82, 2.24) is 24.8 Å². The molecule has 0 aliphatic carbocycles. The van der Waals surface area contributed by atoms with Crippen LogP contribution in [0.15, 0.2) is 73.3 Å². The van der Waals surface area contributed by atoms with Crippen molar-refractivity contribution in [2.45, 2.75) is 44.0 Å². The summed E-state index contributed by atoms with van der Waals surface area (Å²) >= 11 is 0. The molecule has 5 aromatic rings. The summed E-state index contributed by atoms with van der Waals surface area (Å²) in [5.41, 5.74) is 8.21. The van der Waals surface area contributed by atoms with Crippen LogP contribution in [0.25, 0.3) is 22.3 Å². The predicted octanol–water partition coefficient (Wildman–Crippen LogP) is 5.17. The Morgan fingerprint density at radius 2 is 1.85 bits per heavy atom. The lowest BCUT2D eigenvalue weighted by molar-refractivity contribution is -0.0657. The number of nitrogens with two attached hydrogens (primary N) is 1. The van der Waals surface area contributed by atoms with E-state index in [0.29, 0.717) is 47.4 Å². The molecule has 4 N–H and O–H groups in total. The second kappa shape index (κ2) is 12.9. The molecule has 1 aliphatic heterocycles. The monoisotopic (exact) mass is 635 g/mol. The number of fused-ring (bicyclic) bond motifs is 1. The summed E-state index contributed by atoms with van der Waals surface area (Å²) in [6.45, 7) is 1.06. The van der Waals surface area contributed by atoms with E-state index in [4.69, 9.17) is 10.5 Å². The smallest absolute Gasteiger partial charge is 0.265 e. The largest absolute Gasteiger partial charge is 0.494 e. The van der Waals surface area contributed by atoms with Crippen LogP contribution in [0, 0.1) is 11.6 Å². The Bertz CT molecular complexity index is 1840. The normalized spacial score (nSPS) is 17.5. The van der Waals surface area contributed by atoms with Crippen molar-refractivity contribution in [2.24, 2.45) is 0 Å². The van der Waals surface area contributed by atoms with E-state index in [0.717, 1.165) is 17.7 Å². The molecule has 1 saturated heterocycles. The topological polar surface area (TPSA) is 114 Å². The first-order chi connectivity index (χ1) is 22.2. The Labute approximate surface area is 262 Å². The molecule has 1 fully saturated rings. The highest BCUT2D eigenvalue weighted by Crippen LogP contribution is 2.37. The SMILES string of the molecule is COc1cc(F)c(-c2ccc(N3CCC[C@](NCc4ccccc4)([C@H](O)C(F)F)C3)c(Cn3cnc4c(N)ncnc43)c2)cc1F. The molecule has 6 rings (SSSR count). The maximum absolute atomic E-state index is 15.2. The standard InChI is InChI=1S/C33H33F4N7O2/c1-46-27-14-24(34)23(13-25(27)35)21-8-9-26(22(12-21)16-44-19-41-28-31(38)39-18-40-32(28)44)43-11-5-10-33(17-43,29(45)30(36)37)42-15-20-6-3-2-4-7-20/h2-4,6-9,12-14,18-19,29-30,42,45H,5,10-11,15-17H2,1H3,(H2,38,39,40)/t29-,33-/m1/s1. The summed E-state index contributed by atoms with van der Waals surface area (Å²) in [4.78, 5) is 14.6. The first-order valence-electron chi connectivity index (χ1n) is 14.8. The first-order valence-corrected chi connectivity index (χ1v) is 14.8. The average molecular weight is 636 g/mol. The summed E-state index contributed by atoms with van der Waals surface area (Å²) in [5, 5.41) is 14.2. The molecular formula is C33H33F4N7O2. The van der Waals surface area contributed by atoms with Gasteiger partial charge in [-0.3, -0.25) is 0 Å². The van der Waals surface area contributed by atoms with Gasteiger partial charge in [0.1, 0.15) is 23.8 Å². The number of nitrogens with zero attached hydrogens (tertiary/aromatic N) is 5. The van der Waals surface area contributed by atoms with Gasteiger partial charge in [-0.2, -0.15) is 0 Å². The van der Waals surface area contributed by atoms with Gasteiger partial charge in [-0.1, -0.05) is 36.4 Å². The number of benzene rings is 3. The summed E-state index contributed by atoms with van der Waals surface area (Å²) < 4.78 is 64.9. The third kappa shape index (κ3) is 6.07. The van der Waals surface area contributed by atoms with Crippen molar-refractivity contribution in [3.05, 3.63) is 96.1 Å². The molecule has 3 heterocycles. The van der Waals surface area contributed by atoms with E-state index in [1.54, 1.807) is 29.1 Å². The minimum atomic E-state index is -2.97. The Morgan fingerprint density at radius 3 is 2.61 bits per heavy atom. The number of aliphatic hydroxyl groups excluding tert-OH is 1. The Morgan fingerprint density at radius 1 is 1.04 bits per heavy atom. The first kappa shape index (κ1) is 31.2.